The van der Waals surface area contributed by atoms with Gasteiger partial charge in [0.2, 0.25) is 5.91 Å². The molecule has 2 N–H and O–H groups in total. The number of rotatable bonds is 5. The van der Waals surface area contributed by atoms with Crippen LogP contribution in [0.4, 0.5) is 0 Å². The van der Waals surface area contributed by atoms with Gasteiger partial charge in [-0.25, -0.2) is 9.48 Å². The van der Waals surface area contributed by atoms with Gasteiger partial charge in [-0.05, 0) is 19.4 Å². The molecule has 0 radical (unpaired) electrons. The van der Waals surface area contributed by atoms with Crippen molar-refractivity contribution in [2.75, 3.05) is 0 Å². The SMILES string of the molecule is CC[C@H](C)NC(=O)Cn1nc(C(=O)O)c2ccccc2c1=O. The van der Waals surface area contributed by atoms with Crippen molar-refractivity contribution in [1.82, 2.24) is 15.1 Å². The zero-order valence-electron chi connectivity index (χ0n) is 12.4. The molecule has 1 amide bonds. The zero-order valence-corrected chi connectivity index (χ0v) is 12.4. The molecule has 0 fully saturated rings. The maximum Gasteiger partial charge on any atom is 0.357 e. The van der Waals surface area contributed by atoms with Crippen molar-refractivity contribution < 1.29 is 14.7 Å². The fraction of sp³-hybridized carbons (Fsp3) is 0.333. The third-order valence-electron chi connectivity index (χ3n) is 3.38. The number of hydrogen-bond donors (Lipinski definition) is 2. The number of carbonyl (C=O) groups is 2. The summed E-state index contributed by atoms with van der Waals surface area (Å²) < 4.78 is 0.892. The van der Waals surface area contributed by atoms with Gasteiger partial charge >= 0.3 is 5.97 Å². The molecule has 0 bridgehead atoms. The average Bonchev–Trinajstić information content (AvgIpc) is 2.49. The summed E-state index contributed by atoms with van der Waals surface area (Å²) in [4.78, 5) is 35.5. The molecule has 1 aromatic carbocycles. The number of carbonyl (C=O) groups excluding carboxylic acids is 1. The van der Waals surface area contributed by atoms with Crippen molar-refractivity contribution in [1.29, 1.82) is 0 Å². The van der Waals surface area contributed by atoms with Gasteiger partial charge in [0, 0.05) is 11.4 Å². The molecule has 2 rings (SSSR count). The fourth-order valence-electron chi connectivity index (χ4n) is 2.06. The molecule has 1 atom stereocenters. The van der Waals surface area contributed by atoms with Gasteiger partial charge in [0.25, 0.3) is 5.56 Å². The van der Waals surface area contributed by atoms with E-state index < -0.39 is 11.5 Å². The predicted molar refractivity (Wildman–Crippen MR) is 80.9 cm³/mol. The van der Waals surface area contributed by atoms with Crippen molar-refractivity contribution in [2.45, 2.75) is 32.9 Å². The maximum atomic E-state index is 12.3. The lowest BCUT2D eigenvalue weighted by Crippen LogP contribution is -2.38. The number of nitrogens with one attached hydrogen (secondary N) is 1. The quantitative estimate of drug-likeness (QED) is 0.858. The molecule has 0 saturated heterocycles. The molecule has 1 heterocycles. The summed E-state index contributed by atoms with van der Waals surface area (Å²) in [6.07, 6.45) is 0.756. The van der Waals surface area contributed by atoms with Crippen LogP contribution in [0.3, 0.4) is 0 Å². The van der Waals surface area contributed by atoms with Crippen LogP contribution in [-0.4, -0.2) is 32.8 Å². The normalized spacial score (nSPS) is 12.1. The van der Waals surface area contributed by atoms with Gasteiger partial charge < -0.3 is 10.4 Å². The zero-order chi connectivity index (χ0) is 16.3. The Morgan fingerprint density at radius 3 is 2.55 bits per heavy atom. The topological polar surface area (TPSA) is 101 Å². The molecule has 1 aromatic heterocycles. The lowest BCUT2D eigenvalue weighted by molar-refractivity contribution is -0.122. The van der Waals surface area contributed by atoms with Crippen LogP contribution < -0.4 is 10.9 Å². The van der Waals surface area contributed by atoms with Gasteiger partial charge in [-0.15, -0.1) is 0 Å². The minimum Gasteiger partial charge on any atom is -0.476 e. The Hall–Kier alpha value is -2.70. The third kappa shape index (κ3) is 3.13. The molecule has 0 spiro atoms. The number of benzene rings is 1. The highest BCUT2D eigenvalue weighted by atomic mass is 16.4. The number of nitrogens with zero attached hydrogens (tertiary/aromatic N) is 2. The van der Waals surface area contributed by atoms with E-state index in [-0.39, 0.29) is 35.0 Å². The Balaban J connectivity index is 2.46. The Kier molecular flexibility index (Phi) is 4.55. The number of carboxylic acids is 1. The number of aromatic nitrogens is 2. The maximum absolute atomic E-state index is 12.3. The van der Waals surface area contributed by atoms with Crippen molar-refractivity contribution in [3.05, 3.63) is 40.3 Å². The fourth-order valence-corrected chi connectivity index (χ4v) is 2.06. The second-order valence-electron chi connectivity index (χ2n) is 5.04. The number of hydrogen-bond acceptors (Lipinski definition) is 4. The number of amides is 1. The van der Waals surface area contributed by atoms with E-state index in [9.17, 15) is 19.5 Å². The van der Waals surface area contributed by atoms with Crippen LogP contribution in [0.15, 0.2) is 29.1 Å². The minimum absolute atomic E-state index is 0.0254. The van der Waals surface area contributed by atoms with Crippen molar-refractivity contribution >= 4 is 22.6 Å². The molecule has 0 aliphatic rings. The van der Waals surface area contributed by atoms with Crippen LogP contribution in [0, 0.1) is 0 Å². The van der Waals surface area contributed by atoms with Gasteiger partial charge in [-0.1, -0.05) is 25.1 Å². The monoisotopic (exact) mass is 303 g/mol. The number of carboxylic acid groups (broad SMARTS) is 1. The lowest BCUT2D eigenvalue weighted by Gasteiger charge is -2.12. The van der Waals surface area contributed by atoms with E-state index in [1.54, 1.807) is 12.1 Å². The molecule has 2 aromatic rings. The second-order valence-corrected chi connectivity index (χ2v) is 5.04. The summed E-state index contributed by atoms with van der Waals surface area (Å²) in [7, 11) is 0. The first-order chi connectivity index (χ1) is 10.4. The van der Waals surface area contributed by atoms with E-state index in [0.29, 0.717) is 0 Å². The first kappa shape index (κ1) is 15.7. The van der Waals surface area contributed by atoms with Gasteiger partial charge in [0.15, 0.2) is 5.69 Å². The molecule has 0 saturated carbocycles. The highest BCUT2D eigenvalue weighted by Crippen LogP contribution is 2.12. The van der Waals surface area contributed by atoms with Crippen LogP contribution in [0.25, 0.3) is 10.8 Å². The largest absolute Gasteiger partial charge is 0.476 e. The summed E-state index contributed by atoms with van der Waals surface area (Å²) in [6.45, 7) is 3.46. The van der Waals surface area contributed by atoms with Crippen LogP contribution >= 0.6 is 0 Å². The van der Waals surface area contributed by atoms with Crippen LogP contribution in [0.2, 0.25) is 0 Å². The van der Waals surface area contributed by atoms with Crippen molar-refractivity contribution in [3.63, 3.8) is 0 Å². The molecule has 0 aliphatic heterocycles. The second kappa shape index (κ2) is 6.38. The summed E-state index contributed by atoms with van der Waals surface area (Å²) in [5.41, 5.74) is -0.730. The summed E-state index contributed by atoms with van der Waals surface area (Å²) in [6, 6.07) is 6.29. The molecule has 7 heteroatoms. The Morgan fingerprint density at radius 2 is 1.95 bits per heavy atom. The first-order valence-electron chi connectivity index (χ1n) is 6.96. The molecule has 0 unspecified atom stereocenters. The van der Waals surface area contributed by atoms with E-state index in [1.807, 2.05) is 13.8 Å². The minimum atomic E-state index is -1.24. The van der Waals surface area contributed by atoms with Crippen LogP contribution in [0.1, 0.15) is 30.8 Å². The molecule has 22 heavy (non-hydrogen) atoms. The van der Waals surface area contributed by atoms with Crippen LogP contribution in [0.5, 0.6) is 0 Å². The summed E-state index contributed by atoms with van der Waals surface area (Å²) in [5.74, 6) is -1.62. The Morgan fingerprint density at radius 1 is 1.32 bits per heavy atom. The molecule has 0 aliphatic carbocycles. The first-order valence-corrected chi connectivity index (χ1v) is 6.96. The van der Waals surface area contributed by atoms with Gasteiger partial charge in [-0.2, -0.15) is 5.10 Å². The summed E-state index contributed by atoms with van der Waals surface area (Å²) in [5, 5.41) is 16.3. The molecule has 116 valence electrons. The lowest BCUT2D eigenvalue weighted by atomic mass is 10.1. The third-order valence-corrected chi connectivity index (χ3v) is 3.38. The highest BCUT2D eigenvalue weighted by Gasteiger charge is 2.17. The predicted octanol–water partition coefficient (Wildman–Crippen LogP) is 1.01. The van der Waals surface area contributed by atoms with E-state index >= 15 is 0 Å². The standard InChI is InChI=1S/C15H17N3O4/c1-3-9(2)16-12(19)8-18-14(20)11-7-5-4-6-10(11)13(17-18)15(21)22/h4-7,9H,3,8H2,1-2H3,(H,16,19)(H,21,22)/t9-/m0/s1. The van der Waals surface area contributed by atoms with E-state index in [2.05, 4.69) is 10.4 Å². The van der Waals surface area contributed by atoms with E-state index in [4.69, 9.17) is 0 Å². The average molecular weight is 303 g/mol. The highest BCUT2D eigenvalue weighted by molar-refractivity contribution is 6.01. The van der Waals surface area contributed by atoms with Crippen LogP contribution in [-0.2, 0) is 11.3 Å². The molecular weight excluding hydrogens is 286 g/mol. The van der Waals surface area contributed by atoms with Gasteiger partial charge in [0.05, 0.1) is 5.39 Å². The smallest absolute Gasteiger partial charge is 0.357 e. The van der Waals surface area contributed by atoms with Crippen molar-refractivity contribution in [2.24, 2.45) is 0 Å². The molecule has 7 nitrogen and oxygen atoms in total. The van der Waals surface area contributed by atoms with Gasteiger partial charge in [-0.3, -0.25) is 9.59 Å². The summed E-state index contributed by atoms with van der Waals surface area (Å²) >= 11 is 0. The Labute approximate surface area is 126 Å². The van der Waals surface area contributed by atoms with E-state index in [0.717, 1.165) is 11.1 Å². The van der Waals surface area contributed by atoms with Gasteiger partial charge in [0.1, 0.15) is 6.54 Å². The Bertz CT molecular complexity index is 782. The van der Waals surface area contributed by atoms with Crippen molar-refractivity contribution in [3.8, 4) is 0 Å². The number of fused-ring (bicyclic) bond motifs is 1. The molecular formula is C15H17N3O4. The van der Waals surface area contributed by atoms with E-state index in [1.165, 1.54) is 12.1 Å². The number of aromatic carboxylic acids is 1.